The fourth-order valence-electron chi connectivity index (χ4n) is 4.42. The van der Waals surface area contributed by atoms with E-state index < -0.39 is 0 Å². The van der Waals surface area contributed by atoms with Gasteiger partial charge in [-0.3, -0.25) is 5.10 Å². The summed E-state index contributed by atoms with van der Waals surface area (Å²) in [6.07, 6.45) is 3.59. The van der Waals surface area contributed by atoms with Crippen LogP contribution in [-0.4, -0.2) is 45.3 Å². The highest BCUT2D eigenvalue weighted by molar-refractivity contribution is 5.79. The molecule has 0 spiro atoms. The van der Waals surface area contributed by atoms with Crippen LogP contribution in [0.4, 0.5) is 11.6 Å². The summed E-state index contributed by atoms with van der Waals surface area (Å²) >= 11 is 0. The topological polar surface area (TPSA) is 94.7 Å². The van der Waals surface area contributed by atoms with Crippen molar-refractivity contribution in [2.24, 2.45) is 0 Å². The van der Waals surface area contributed by atoms with Crippen molar-refractivity contribution < 1.29 is 0 Å². The number of aromatic nitrogens is 5. The lowest BCUT2D eigenvalue weighted by atomic mass is 10.1. The molecule has 37 heavy (non-hydrogen) atoms. The van der Waals surface area contributed by atoms with Gasteiger partial charge in [0.1, 0.15) is 5.69 Å². The van der Waals surface area contributed by atoms with E-state index in [0.717, 1.165) is 59.7 Å². The summed E-state index contributed by atoms with van der Waals surface area (Å²) in [7, 11) is 1.96. The first-order valence-corrected chi connectivity index (χ1v) is 12.3. The number of anilines is 2. The Labute approximate surface area is 215 Å². The molecule has 0 unspecified atom stereocenters. The van der Waals surface area contributed by atoms with Gasteiger partial charge in [0.2, 0.25) is 5.95 Å². The third kappa shape index (κ3) is 4.99. The number of likely N-dealkylation sites (N-methyl/N-ethyl adjacent to an activating group) is 1. The predicted octanol–water partition coefficient (Wildman–Crippen LogP) is 3.97. The molecule has 1 aliphatic heterocycles. The van der Waals surface area contributed by atoms with Gasteiger partial charge in [-0.2, -0.15) is 5.10 Å². The van der Waals surface area contributed by atoms with E-state index in [9.17, 15) is 0 Å². The maximum absolute atomic E-state index is 4.85. The molecule has 0 amide bonds. The van der Waals surface area contributed by atoms with Crippen LogP contribution in [0.3, 0.4) is 0 Å². The van der Waals surface area contributed by atoms with Gasteiger partial charge in [-0.1, -0.05) is 18.1 Å². The first-order valence-electron chi connectivity index (χ1n) is 12.3. The number of hydrogen-bond acceptors (Lipinski definition) is 7. The van der Waals surface area contributed by atoms with E-state index in [0.29, 0.717) is 11.6 Å². The Morgan fingerprint density at radius 1 is 0.919 bits per heavy atom. The zero-order valence-electron chi connectivity index (χ0n) is 20.5. The van der Waals surface area contributed by atoms with Crippen LogP contribution < -0.4 is 15.5 Å². The lowest BCUT2D eigenvalue weighted by Gasteiger charge is -2.15. The van der Waals surface area contributed by atoms with Gasteiger partial charge in [0.05, 0.1) is 23.1 Å². The minimum absolute atomic E-state index is 0.692. The summed E-state index contributed by atoms with van der Waals surface area (Å²) in [4.78, 5) is 16.4. The maximum Gasteiger partial charge on any atom is 0.226 e. The molecule has 2 aromatic carbocycles. The molecule has 0 bridgehead atoms. The van der Waals surface area contributed by atoms with Gasteiger partial charge in [0.15, 0.2) is 0 Å². The highest BCUT2D eigenvalue weighted by Crippen LogP contribution is 2.29. The summed E-state index contributed by atoms with van der Waals surface area (Å²) in [6.45, 7) is 3.38. The molecule has 1 aliphatic rings. The van der Waals surface area contributed by atoms with E-state index in [1.807, 2.05) is 49.5 Å². The second kappa shape index (κ2) is 10.1. The van der Waals surface area contributed by atoms with E-state index >= 15 is 0 Å². The average Bonchev–Trinajstić information content (AvgIpc) is 3.59. The van der Waals surface area contributed by atoms with Gasteiger partial charge < -0.3 is 15.5 Å². The molecule has 0 fully saturated rings. The Morgan fingerprint density at radius 3 is 2.78 bits per heavy atom. The largest absolute Gasteiger partial charge is 0.384 e. The lowest BCUT2D eigenvalue weighted by Crippen LogP contribution is -2.18. The molecule has 5 aromatic rings. The number of nitrogens with zero attached hydrogens (tertiary/aromatic N) is 5. The highest BCUT2D eigenvalue weighted by Gasteiger charge is 2.22. The van der Waals surface area contributed by atoms with Crippen molar-refractivity contribution in [1.29, 1.82) is 0 Å². The van der Waals surface area contributed by atoms with Gasteiger partial charge >= 0.3 is 0 Å². The first kappa shape index (κ1) is 22.7. The summed E-state index contributed by atoms with van der Waals surface area (Å²) in [6, 6.07) is 20.2. The summed E-state index contributed by atoms with van der Waals surface area (Å²) in [5.74, 6) is 7.08. The third-order valence-corrected chi connectivity index (χ3v) is 6.35. The summed E-state index contributed by atoms with van der Waals surface area (Å²) in [5.41, 5.74) is 7.89. The van der Waals surface area contributed by atoms with Gasteiger partial charge in [-0.15, -0.1) is 0 Å². The molecule has 0 radical (unpaired) electrons. The van der Waals surface area contributed by atoms with Crippen LogP contribution in [0.2, 0.25) is 0 Å². The van der Waals surface area contributed by atoms with E-state index in [4.69, 9.17) is 9.97 Å². The Hall–Kier alpha value is -4.74. The normalized spacial score (nSPS) is 12.3. The van der Waals surface area contributed by atoms with Crippen molar-refractivity contribution in [3.63, 3.8) is 0 Å². The molecule has 0 atom stereocenters. The number of nitrogens with one attached hydrogen (secondary N) is 3. The minimum Gasteiger partial charge on any atom is -0.384 e. The summed E-state index contributed by atoms with van der Waals surface area (Å²) < 4.78 is 0. The number of hydrogen-bond donors (Lipinski definition) is 3. The standard InChI is InChI=1S/C29H26N8/c1-30-13-14-31-25-9-7-21-18-37(19-23(21)16-25)29-32-12-11-28(35-29)27-4-2-3-24(34-27)8-5-20-6-10-26-22(15-20)17-33-36-26/h2-4,6-7,9-12,15-17,30-31H,13-14,18-19H2,1H3,(H,33,36). The molecule has 0 saturated carbocycles. The van der Waals surface area contributed by atoms with Crippen molar-refractivity contribution in [1.82, 2.24) is 30.5 Å². The molecule has 0 saturated heterocycles. The van der Waals surface area contributed by atoms with Crippen molar-refractivity contribution in [3.8, 4) is 23.2 Å². The molecule has 4 heterocycles. The van der Waals surface area contributed by atoms with Crippen molar-refractivity contribution in [3.05, 3.63) is 95.4 Å². The minimum atomic E-state index is 0.692. The number of rotatable bonds is 6. The van der Waals surface area contributed by atoms with Crippen LogP contribution in [0.1, 0.15) is 22.4 Å². The van der Waals surface area contributed by atoms with Crippen LogP contribution in [0, 0.1) is 11.8 Å². The van der Waals surface area contributed by atoms with Crippen molar-refractivity contribution in [2.45, 2.75) is 13.1 Å². The van der Waals surface area contributed by atoms with Gasteiger partial charge in [0.25, 0.3) is 0 Å². The second-order valence-corrected chi connectivity index (χ2v) is 8.94. The molecule has 3 aromatic heterocycles. The molecular formula is C29H26N8. The Bertz CT molecular complexity index is 1630. The molecular weight excluding hydrogens is 460 g/mol. The Morgan fingerprint density at radius 2 is 1.84 bits per heavy atom. The van der Waals surface area contributed by atoms with Gasteiger partial charge in [-0.25, -0.2) is 15.0 Å². The van der Waals surface area contributed by atoms with E-state index in [2.05, 4.69) is 60.8 Å². The fourth-order valence-corrected chi connectivity index (χ4v) is 4.42. The average molecular weight is 487 g/mol. The van der Waals surface area contributed by atoms with Crippen LogP contribution >= 0.6 is 0 Å². The SMILES string of the molecule is CNCCNc1ccc2c(c1)CN(c1nccc(-c3cccc(C#Cc4ccc5[nH]ncc5c4)n3)n1)C2. The zero-order chi connectivity index (χ0) is 25.0. The monoisotopic (exact) mass is 486 g/mol. The Balaban J connectivity index is 1.19. The van der Waals surface area contributed by atoms with Crippen LogP contribution in [0.5, 0.6) is 0 Å². The second-order valence-electron chi connectivity index (χ2n) is 8.94. The fraction of sp³-hybridized carbons (Fsp3) is 0.172. The van der Waals surface area contributed by atoms with E-state index in [-0.39, 0.29) is 0 Å². The van der Waals surface area contributed by atoms with Gasteiger partial charge in [-0.05, 0) is 72.6 Å². The van der Waals surface area contributed by atoms with Crippen LogP contribution in [-0.2, 0) is 13.1 Å². The van der Waals surface area contributed by atoms with Crippen LogP contribution in [0.15, 0.2) is 73.1 Å². The number of fused-ring (bicyclic) bond motifs is 2. The van der Waals surface area contributed by atoms with Crippen molar-refractivity contribution in [2.75, 3.05) is 30.4 Å². The highest BCUT2D eigenvalue weighted by atomic mass is 15.3. The summed E-state index contributed by atoms with van der Waals surface area (Å²) in [5, 5.41) is 14.7. The number of aromatic amines is 1. The molecule has 182 valence electrons. The third-order valence-electron chi connectivity index (χ3n) is 6.35. The molecule has 3 N–H and O–H groups in total. The smallest absolute Gasteiger partial charge is 0.226 e. The number of pyridine rings is 1. The maximum atomic E-state index is 4.85. The van der Waals surface area contributed by atoms with Crippen LogP contribution in [0.25, 0.3) is 22.3 Å². The quantitative estimate of drug-likeness (QED) is 0.247. The molecule has 0 aliphatic carbocycles. The Kier molecular flexibility index (Phi) is 6.19. The molecule has 8 nitrogen and oxygen atoms in total. The zero-order valence-corrected chi connectivity index (χ0v) is 20.5. The molecule has 6 rings (SSSR count). The van der Waals surface area contributed by atoms with Gasteiger partial charge in [0, 0.05) is 49.0 Å². The van der Waals surface area contributed by atoms with Crippen molar-refractivity contribution >= 4 is 22.5 Å². The van der Waals surface area contributed by atoms with E-state index in [1.54, 1.807) is 12.4 Å². The first-order chi connectivity index (χ1) is 18.2. The number of H-pyrrole nitrogens is 1. The lowest BCUT2D eigenvalue weighted by molar-refractivity contribution is 0.823. The van der Waals surface area contributed by atoms with E-state index in [1.165, 1.54) is 11.1 Å². The molecule has 8 heteroatoms. The predicted molar refractivity (Wildman–Crippen MR) is 146 cm³/mol. The number of benzene rings is 2.